The van der Waals surface area contributed by atoms with Gasteiger partial charge in [0.1, 0.15) is 5.82 Å². The van der Waals surface area contributed by atoms with Crippen molar-refractivity contribution in [3.63, 3.8) is 0 Å². The first kappa shape index (κ1) is 16.6. The van der Waals surface area contributed by atoms with Gasteiger partial charge in [0, 0.05) is 45.7 Å². The first-order valence-electron chi connectivity index (χ1n) is 7.84. The minimum atomic E-state index is 0. The fourth-order valence-electron chi connectivity index (χ4n) is 2.68. The summed E-state index contributed by atoms with van der Waals surface area (Å²) in [5, 5.41) is 6.75. The second-order valence-corrected chi connectivity index (χ2v) is 5.87. The highest BCUT2D eigenvalue weighted by atomic mass is 127. The Morgan fingerprint density at radius 1 is 1.38 bits per heavy atom. The van der Waals surface area contributed by atoms with Crippen LogP contribution in [-0.2, 0) is 19.4 Å². The number of aliphatic imine (C=N–C) groups is 1. The van der Waals surface area contributed by atoms with E-state index in [2.05, 4.69) is 26.4 Å². The van der Waals surface area contributed by atoms with Crippen LogP contribution >= 0.6 is 24.0 Å². The molecule has 0 atom stereocenters. The Bertz CT molecular complexity index is 455. The Morgan fingerprint density at radius 3 is 2.95 bits per heavy atom. The molecule has 0 amide bonds. The number of halogens is 1. The van der Waals surface area contributed by atoms with Gasteiger partial charge in [-0.25, -0.2) is 4.98 Å². The van der Waals surface area contributed by atoms with E-state index in [0.29, 0.717) is 0 Å². The van der Waals surface area contributed by atoms with E-state index >= 15 is 0 Å². The first-order chi connectivity index (χ1) is 9.85. The van der Waals surface area contributed by atoms with E-state index in [1.54, 1.807) is 0 Å². The van der Waals surface area contributed by atoms with Crippen molar-refractivity contribution in [2.75, 3.05) is 20.1 Å². The van der Waals surface area contributed by atoms with E-state index in [1.807, 2.05) is 7.05 Å². The second-order valence-electron chi connectivity index (χ2n) is 5.87. The zero-order valence-corrected chi connectivity index (χ0v) is 15.1. The van der Waals surface area contributed by atoms with Gasteiger partial charge in [-0.1, -0.05) is 0 Å². The molecule has 0 bridgehead atoms. The average Bonchev–Trinajstić information content (AvgIpc) is 3.20. The van der Waals surface area contributed by atoms with Gasteiger partial charge in [-0.3, -0.25) is 4.99 Å². The van der Waals surface area contributed by atoms with Gasteiger partial charge >= 0.3 is 0 Å². The van der Waals surface area contributed by atoms with Gasteiger partial charge in [-0.05, 0) is 31.6 Å². The molecule has 1 saturated carbocycles. The number of hydrogen-bond donors (Lipinski definition) is 2. The van der Waals surface area contributed by atoms with Crippen molar-refractivity contribution < 1.29 is 0 Å². The van der Waals surface area contributed by atoms with E-state index in [-0.39, 0.29) is 24.0 Å². The topological polar surface area (TPSA) is 54.2 Å². The minimum absolute atomic E-state index is 0. The molecule has 0 spiro atoms. The summed E-state index contributed by atoms with van der Waals surface area (Å²) in [6, 6.07) is 0. The van der Waals surface area contributed by atoms with Crippen molar-refractivity contribution in [2.24, 2.45) is 10.9 Å². The number of guanidine groups is 1. The predicted molar refractivity (Wildman–Crippen MR) is 96.4 cm³/mol. The molecular formula is C15H26IN5. The van der Waals surface area contributed by atoms with E-state index in [1.165, 1.54) is 37.2 Å². The van der Waals surface area contributed by atoms with Gasteiger partial charge in [0.2, 0.25) is 0 Å². The molecule has 0 saturated heterocycles. The van der Waals surface area contributed by atoms with Crippen LogP contribution in [0, 0.1) is 5.92 Å². The number of hydrogen-bond acceptors (Lipinski definition) is 2. The summed E-state index contributed by atoms with van der Waals surface area (Å²) < 4.78 is 2.32. The molecule has 1 aromatic heterocycles. The quantitative estimate of drug-likeness (QED) is 0.449. The van der Waals surface area contributed by atoms with Crippen molar-refractivity contribution in [3.8, 4) is 0 Å². The van der Waals surface area contributed by atoms with E-state index in [0.717, 1.165) is 44.4 Å². The maximum Gasteiger partial charge on any atom is 0.190 e. The average molecular weight is 403 g/mol. The van der Waals surface area contributed by atoms with Crippen LogP contribution in [0.1, 0.15) is 37.2 Å². The van der Waals surface area contributed by atoms with E-state index in [4.69, 9.17) is 4.98 Å². The molecule has 1 aromatic rings. The molecule has 6 heteroatoms. The third-order valence-corrected chi connectivity index (χ3v) is 4.11. The molecule has 1 fully saturated rings. The molecule has 1 aliphatic carbocycles. The third-order valence-electron chi connectivity index (χ3n) is 4.11. The van der Waals surface area contributed by atoms with Crippen molar-refractivity contribution in [2.45, 2.75) is 45.1 Å². The summed E-state index contributed by atoms with van der Waals surface area (Å²) in [4.78, 5) is 8.97. The SMILES string of the molecule is CN=C(NCCc1cn2c(n1)CCCC2)NCC1CC1.I. The van der Waals surface area contributed by atoms with Crippen LogP contribution in [-0.4, -0.2) is 35.6 Å². The summed E-state index contributed by atoms with van der Waals surface area (Å²) in [5.74, 6) is 3.05. The Hall–Kier alpha value is -0.790. The van der Waals surface area contributed by atoms with Gasteiger partial charge in [0.15, 0.2) is 5.96 Å². The number of rotatable bonds is 5. The highest BCUT2D eigenvalue weighted by Gasteiger charge is 2.21. The zero-order chi connectivity index (χ0) is 13.8. The summed E-state index contributed by atoms with van der Waals surface area (Å²) in [6.07, 6.45) is 9.62. The van der Waals surface area contributed by atoms with Crippen molar-refractivity contribution in [1.29, 1.82) is 0 Å². The molecule has 2 N–H and O–H groups in total. The van der Waals surface area contributed by atoms with Crippen molar-refractivity contribution >= 4 is 29.9 Å². The molecule has 0 radical (unpaired) electrons. The largest absolute Gasteiger partial charge is 0.356 e. The van der Waals surface area contributed by atoms with E-state index in [9.17, 15) is 0 Å². The number of nitrogens with zero attached hydrogens (tertiary/aromatic N) is 3. The van der Waals surface area contributed by atoms with Crippen molar-refractivity contribution in [3.05, 3.63) is 17.7 Å². The number of nitrogens with one attached hydrogen (secondary N) is 2. The lowest BCUT2D eigenvalue weighted by Crippen LogP contribution is -2.39. The first-order valence-corrected chi connectivity index (χ1v) is 7.84. The lowest BCUT2D eigenvalue weighted by atomic mass is 10.2. The van der Waals surface area contributed by atoms with Crippen molar-refractivity contribution in [1.82, 2.24) is 20.2 Å². The lowest BCUT2D eigenvalue weighted by molar-refractivity contribution is 0.522. The van der Waals surface area contributed by atoms with E-state index < -0.39 is 0 Å². The fraction of sp³-hybridized carbons (Fsp3) is 0.733. The second kappa shape index (κ2) is 8.00. The number of aryl methyl sites for hydroxylation is 2. The molecule has 118 valence electrons. The van der Waals surface area contributed by atoms with Gasteiger partial charge in [0.25, 0.3) is 0 Å². The number of aromatic nitrogens is 2. The fourth-order valence-corrected chi connectivity index (χ4v) is 2.68. The summed E-state index contributed by atoms with van der Waals surface area (Å²) in [7, 11) is 1.83. The lowest BCUT2D eigenvalue weighted by Gasteiger charge is -2.11. The number of fused-ring (bicyclic) bond motifs is 1. The van der Waals surface area contributed by atoms with Crippen LogP contribution in [0.3, 0.4) is 0 Å². The normalized spacial score (nSPS) is 17.9. The summed E-state index contributed by atoms with van der Waals surface area (Å²) in [5.41, 5.74) is 1.20. The molecule has 21 heavy (non-hydrogen) atoms. The van der Waals surface area contributed by atoms with Gasteiger partial charge in [-0.2, -0.15) is 0 Å². The number of imidazole rings is 1. The Kier molecular flexibility index (Phi) is 6.32. The Labute approximate surface area is 144 Å². The highest BCUT2D eigenvalue weighted by molar-refractivity contribution is 14.0. The molecule has 5 nitrogen and oxygen atoms in total. The zero-order valence-electron chi connectivity index (χ0n) is 12.8. The monoisotopic (exact) mass is 403 g/mol. The molecule has 0 unspecified atom stereocenters. The highest BCUT2D eigenvalue weighted by Crippen LogP contribution is 2.27. The van der Waals surface area contributed by atoms with Gasteiger partial charge in [-0.15, -0.1) is 24.0 Å². The molecule has 1 aliphatic heterocycles. The van der Waals surface area contributed by atoms with Crippen LogP contribution in [0.5, 0.6) is 0 Å². The standard InChI is InChI=1S/C15H25N5.HI/c1-16-15(18-10-12-5-6-12)17-8-7-13-11-20-9-3-2-4-14(20)19-13;/h11-12H,2-10H2,1H3,(H2,16,17,18);1H. The summed E-state index contributed by atoms with van der Waals surface area (Å²) in [6.45, 7) is 3.08. The Balaban J connectivity index is 0.00000161. The molecule has 3 rings (SSSR count). The predicted octanol–water partition coefficient (Wildman–Crippen LogP) is 1.95. The molecule has 2 heterocycles. The molecular weight excluding hydrogens is 377 g/mol. The van der Waals surface area contributed by atoms with Crippen LogP contribution in [0.25, 0.3) is 0 Å². The Morgan fingerprint density at radius 2 is 2.24 bits per heavy atom. The van der Waals surface area contributed by atoms with Crippen LogP contribution < -0.4 is 10.6 Å². The smallest absolute Gasteiger partial charge is 0.190 e. The van der Waals surface area contributed by atoms with Gasteiger partial charge < -0.3 is 15.2 Å². The van der Waals surface area contributed by atoms with Crippen LogP contribution in [0.2, 0.25) is 0 Å². The maximum absolute atomic E-state index is 4.72. The third kappa shape index (κ3) is 4.86. The molecule has 2 aliphatic rings. The van der Waals surface area contributed by atoms with Crippen LogP contribution in [0.15, 0.2) is 11.2 Å². The van der Waals surface area contributed by atoms with Gasteiger partial charge in [0.05, 0.1) is 5.69 Å². The molecule has 0 aromatic carbocycles. The summed E-state index contributed by atoms with van der Waals surface area (Å²) >= 11 is 0. The van der Waals surface area contributed by atoms with Crippen LogP contribution in [0.4, 0.5) is 0 Å². The maximum atomic E-state index is 4.72. The minimum Gasteiger partial charge on any atom is -0.356 e.